The Labute approximate surface area is 224 Å². The van der Waals surface area contributed by atoms with Gasteiger partial charge in [-0.05, 0) is 59.2 Å². The summed E-state index contributed by atoms with van der Waals surface area (Å²) in [5, 5.41) is 2.30. The van der Waals surface area contributed by atoms with E-state index in [4.69, 9.17) is 17.3 Å². The van der Waals surface area contributed by atoms with Crippen molar-refractivity contribution in [1.29, 1.82) is 0 Å². The summed E-state index contributed by atoms with van der Waals surface area (Å²) >= 11 is 6.10. The van der Waals surface area contributed by atoms with Crippen LogP contribution in [-0.4, -0.2) is 16.3 Å². The number of ketones is 1. The van der Waals surface area contributed by atoms with E-state index in [9.17, 15) is 9.59 Å². The molecule has 0 bridgehead atoms. The van der Waals surface area contributed by atoms with Crippen molar-refractivity contribution >= 4 is 45.1 Å². The number of nitrogens with zero attached hydrogens (tertiary/aromatic N) is 1. The Kier molecular flexibility index (Phi) is 6.02. The Balaban J connectivity index is 1.46. The number of primary amides is 1. The van der Waals surface area contributed by atoms with Crippen LogP contribution in [0.3, 0.4) is 0 Å². The first-order chi connectivity index (χ1) is 18.5. The number of carbonyl (C=O) groups excluding carboxylic acids is 2. The number of fused-ring (bicyclic) bond motifs is 3. The molecule has 1 radical (unpaired) electrons. The van der Waals surface area contributed by atoms with E-state index in [1.165, 1.54) is 0 Å². The van der Waals surface area contributed by atoms with Crippen LogP contribution in [-0.2, 0) is 6.54 Å². The van der Waals surface area contributed by atoms with Crippen LogP contribution in [0.2, 0.25) is 5.02 Å². The molecule has 38 heavy (non-hydrogen) atoms. The van der Waals surface area contributed by atoms with E-state index in [0.29, 0.717) is 28.3 Å². The highest BCUT2D eigenvalue weighted by molar-refractivity contribution is 6.30. The number of amides is 1. The molecule has 0 saturated heterocycles. The topological polar surface area (TPSA) is 65.1 Å². The van der Waals surface area contributed by atoms with Gasteiger partial charge in [-0.3, -0.25) is 9.59 Å². The van der Waals surface area contributed by atoms with Crippen molar-refractivity contribution in [2.24, 2.45) is 5.73 Å². The molecule has 0 aliphatic rings. The number of hydrogen-bond donors (Lipinski definition) is 1. The first-order valence-corrected chi connectivity index (χ1v) is 12.6. The lowest BCUT2D eigenvalue weighted by Crippen LogP contribution is -2.11. The van der Waals surface area contributed by atoms with E-state index in [0.717, 1.165) is 38.5 Å². The molecule has 5 aromatic carbocycles. The van der Waals surface area contributed by atoms with Crippen molar-refractivity contribution in [2.45, 2.75) is 6.54 Å². The van der Waals surface area contributed by atoms with Crippen LogP contribution in [0.15, 0.2) is 109 Å². The largest absolute Gasteiger partial charge is 0.366 e. The van der Waals surface area contributed by atoms with Gasteiger partial charge in [0.1, 0.15) is 0 Å². The molecule has 1 amide bonds. The highest BCUT2D eigenvalue weighted by Crippen LogP contribution is 2.35. The zero-order valence-electron chi connectivity index (χ0n) is 20.3. The first-order valence-electron chi connectivity index (χ1n) is 12.2. The summed E-state index contributed by atoms with van der Waals surface area (Å²) in [6.45, 7) is 0.542. The van der Waals surface area contributed by atoms with Gasteiger partial charge in [0.15, 0.2) is 5.78 Å². The fourth-order valence-electron chi connectivity index (χ4n) is 4.94. The predicted octanol–water partition coefficient (Wildman–Crippen LogP) is 7.29. The maximum absolute atomic E-state index is 12.9. The average molecular weight is 514 g/mol. The Morgan fingerprint density at radius 3 is 2.18 bits per heavy atom. The lowest BCUT2D eigenvalue weighted by molar-refractivity contribution is 0.1000. The van der Waals surface area contributed by atoms with E-state index in [-0.39, 0.29) is 5.78 Å². The number of hydrogen-bond acceptors (Lipinski definition) is 2. The van der Waals surface area contributed by atoms with E-state index in [1.807, 2.05) is 97.1 Å². The highest BCUT2D eigenvalue weighted by Gasteiger charge is 2.18. The van der Waals surface area contributed by atoms with E-state index >= 15 is 0 Å². The number of nitrogens with two attached hydrogens (primary N) is 1. The molecule has 6 aromatic rings. The second-order valence-corrected chi connectivity index (χ2v) is 9.63. The van der Waals surface area contributed by atoms with E-state index < -0.39 is 5.91 Å². The summed E-state index contributed by atoms with van der Waals surface area (Å²) in [5.41, 5.74) is 12.4. The monoisotopic (exact) mass is 513 g/mol. The van der Waals surface area contributed by atoms with Gasteiger partial charge >= 0.3 is 0 Å². The SMILES string of the molecule is NC(=O)c1cccc2c1c1[c]cc(-c3ccc(Cl)cc3)cc1n2Cc1ccc(C(=O)c2ccccc2)cc1. The third-order valence-electron chi connectivity index (χ3n) is 6.83. The minimum Gasteiger partial charge on any atom is -0.366 e. The molecule has 183 valence electrons. The molecule has 0 spiro atoms. The number of carbonyl (C=O) groups is 2. The maximum Gasteiger partial charge on any atom is 0.249 e. The Bertz CT molecular complexity index is 1820. The second-order valence-electron chi connectivity index (χ2n) is 9.20. The zero-order chi connectivity index (χ0) is 26.2. The van der Waals surface area contributed by atoms with Crippen LogP contribution in [0.25, 0.3) is 32.9 Å². The summed E-state index contributed by atoms with van der Waals surface area (Å²) < 4.78 is 2.17. The standard InChI is InChI=1S/C33H22ClN2O2/c34-26-16-13-22(14-17-26)25-15-18-27-30(19-25)36(29-8-4-7-28(31(27)29)33(35)38)20-21-9-11-24(12-10-21)32(37)23-5-2-1-3-6-23/h1-17,19H,20H2,(H2,35,38). The first kappa shape index (κ1) is 23.7. The second kappa shape index (κ2) is 9.66. The van der Waals surface area contributed by atoms with Crippen molar-refractivity contribution in [3.63, 3.8) is 0 Å². The highest BCUT2D eigenvalue weighted by atomic mass is 35.5. The van der Waals surface area contributed by atoms with Crippen LogP contribution in [0.5, 0.6) is 0 Å². The molecule has 5 heteroatoms. The van der Waals surface area contributed by atoms with Gasteiger partial charge in [0.05, 0.1) is 11.0 Å². The lowest BCUT2D eigenvalue weighted by atomic mass is 10.0. The lowest BCUT2D eigenvalue weighted by Gasteiger charge is -2.10. The van der Waals surface area contributed by atoms with E-state index in [2.05, 4.69) is 16.7 Å². The van der Waals surface area contributed by atoms with Gasteiger partial charge in [-0.1, -0.05) is 84.4 Å². The molecule has 0 aliphatic heterocycles. The van der Waals surface area contributed by atoms with Crippen molar-refractivity contribution in [1.82, 2.24) is 4.57 Å². The van der Waals surface area contributed by atoms with E-state index in [1.54, 1.807) is 6.07 Å². The number of rotatable bonds is 6. The van der Waals surface area contributed by atoms with Gasteiger partial charge in [0.25, 0.3) is 0 Å². The molecule has 0 fully saturated rings. The number of aromatic nitrogens is 1. The summed E-state index contributed by atoms with van der Waals surface area (Å²) in [6, 6.07) is 37.6. The van der Waals surface area contributed by atoms with Crippen LogP contribution in [0.4, 0.5) is 0 Å². The normalized spacial score (nSPS) is 11.2. The van der Waals surface area contributed by atoms with Crippen LogP contribution in [0.1, 0.15) is 31.8 Å². The molecule has 4 nitrogen and oxygen atoms in total. The van der Waals surface area contributed by atoms with Gasteiger partial charge in [-0.2, -0.15) is 0 Å². The number of benzene rings is 5. The summed E-state index contributed by atoms with van der Waals surface area (Å²) in [4.78, 5) is 25.2. The van der Waals surface area contributed by atoms with Crippen LogP contribution < -0.4 is 5.73 Å². The Morgan fingerprint density at radius 1 is 0.763 bits per heavy atom. The predicted molar refractivity (Wildman–Crippen MR) is 153 cm³/mol. The third-order valence-corrected chi connectivity index (χ3v) is 7.08. The molecule has 0 saturated carbocycles. The van der Waals surface area contributed by atoms with Crippen molar-refractivity contribution in [3.8, 4) is 11.1 Å². The Hall–Kier alpha value is -4.67. The molecular formula is C33H22ClN2O2. The van der Waals surface area contributed by atoms with Gasteiger partial charge in [-0.25, -0.2) is 0 Å². The fraction of sp³-hybridized carbons (Fsp3) is 0.0303. The molecule has 1 aromatic heterocycles. The van der Waals surface area contributed by atoms with Crippen molar-refractivity contribution in [2.75, 3.05) is 0 Å². The minimum absolute atomic E-state index is 0.0117. The fourth-order valence-corrected chi connectivity index (χ4v) is 5.07. The molecule has 0 atom stereocenters. The van der Waals surface area contributed by atoms with Crippen LogP contribution >= 0.6 is 11.6 Å². The average Bonchev–Trinajstić information content (AvgIpc) is 3.26. The summed E-state index contributed by atoms with van der Waals surface area (Å²) in [5.74, 6) is -0.490. The van der Waals surface area contributed by atoms with Gasteiger partial charge in [-0.15, -0.1) is 0 Å². The van der Waals surface area contributed by atoms with Gasteiger partial charge in [0, 0.05) is 39.0 Å². The molecular weight excluding hydrogens is 492 g/mol. The molecule has 6 rings (SSSR count). The summed E-state index contributed by atoms with van der Waals surface area (Å²) in [6.07, 6.45) is 0. The van der Waals surface area contributed by atoms with Crippen molar-refractivity contribution in [3.05, 3.63) is 143 Å². The molecule has 1 heterocycles. The maximum atomic E-state index is 12.9. The molecule has 0 unspecified atom stereocenters. The van der Waals surface area contributed by atoms with Crippen LogP contribution in [0, 0.1) is 6.07 Å². The minimum atomic E-state index is -0.478. The number of halogens is 1. The third kappa shape index (κ3) is 4.25. The molecule has 0 aliphatic carbocycles. The van der Waals surface area contributed by atoms with Gasteiger partial charge < -0.3 is 10.3 Å². The quantitative estimate of drug-likeness (QED) is 0.237. The molecule has 2 N–H and O–H groups in total. The summed E-state index contributed by atoms with van der Waals surface area (Å²) in [7, 11) is 0. The zero-order valence-corrected chi connectivity index (χ0v) is 21.1. The van der Waals surface area contributed by atoms with Gasteiger partial charge in [0.2, 0.25) is 5.91 Å². The smallest absolute Gasteiger partial charge is 0.249 e. The Morgan fingerprint density at radius 2 is 1.47 bits per heavy atom. The van der Waals surface area contributed by atoms with Crippen molar-refractivity contribution < 1.29 is 9.59 Å².